The fourth-order valence-electron chi connectivity index (χ4n) is 3.86. The molecule has 1 aromatic heterocycles. The van der Waals surface area contributed by atoms with E-state index in [0.717, 1.165) is 30.9 Å². The number of carbonyl (C=O) groups is 1. The van der Waals surface area contributed by atoms with Gasteiger partial charge < -0.3 is 14.0 Å². The Kier molecular flexibility index (Phi) is 6.19. The van der Waals surface area contributed by atoms with E-state index in [1.54, 1.807) is 7.11 Å². The van der Waals surface area contributed by atoms with Crippen LogP contribution >= 0.6 is 0 Å². The van der Waals surface area contributed by atoms with E-state index < -0.39 is 0 Å². The zero-order chi connectivity index (χ0) is 20.9. The highest BCUT2D eigenvalue weighted by molar-refractivity contribution is 5.90. The number of carbonyl (C=O) groups excluding carboxylic acids is 1. The number of nitrogens with zero attached hydrogens (tertiary/aromatic N) is 2. The summed E-state index contributed by atoms with van der Waals surface area (Å²) in [7, 11) is 3.13. The van der Waals surface area contributed by atoms with E-state index in [1.165, 1.54) is 31.2 Å². The van der Waals surface area contributed by atoms with Crippen LogP contribution in [0.2, 0.25) is 0 Å². The molecule has 0 atom stereocenters. The summed E-state index contributed by atoms with van der Waals surface area (Å²) in [5, 5.41) is 0. The molecule has 4 rings (SSSR count). The number of aromatic nitrogens is 1. The van der Waals surface area contributed by atoms with Crippen molar-refractivity contribution in [3.05, 3.63) is 89.2 Å². The SMILES string of the molecule is COC(=O)c1ccccc1CN(Cc1cccn1Cc1cccc(OC)c1)C1CC1. The second kappa shape index (κ2) is 9.18. The molecule has 30 heavy (non-hydrogen) atoms. The van der Waals surface area contributed by atoms with Crippen molar-refractivity contribution >= 4 is 5.97 Å². The lowest BCUT2D eigenvalue weighted by molar-refractivity contribution is 0.0598. The molecule has 2 aromatic carbocycles. The molecule has 0 saturated heterocycles. The molecule has 0 unspecified atom stereocenters. The number of benzene rings is 2. The predicted octanol–water partition coefficient (Wildman–Crippen LogP) is 4.50. The standard InChI is InChI=1S/C25H28N2O3/c1-29-23-10-5-7-19(15-23)16-26-14-6-9-22(26)18-27(21-12-13-21)17-20-8-3-4-11-24(20)25(28)30-2/h3-11,14-15,21H,12-13,16-18H2,1-2H3. The summed E-state index contributed by atoms with van der Waals surface area (Å²) in [5.74, 6) is 0.600. The second-order valence-corrected chi connectivity index (χ2v) is 7.76. The Bertz CT molecular complexity index is 1010. The van der Waals surface area contributed by atoms with Crippen molar-refractivity contribution in [3.8, 4) is 5.75 Å². The number of rotatable bonds is 9. The molecule has 1 aliphatic carbocycles. The van der Waals surface area contributed by atoms with Gasteiger partial charge in [-0.2, -0.15) is 0 Å². The van der Waals surface area contributed by atoms with E-state index in [0.29, 0.717) is 11.6 Å². The van der Waals surface area contributed by atoms with Gasteiger partial charge in [0.15, 0.2) is 0 Å². The normalized spacial score (nSPS) is 13.4. The minimum absolute atomic E-state index is 0.275. The highest BCUT2D eigenvalue weighted by atomic mass is 16.5. The molecule has 0 radical (unpaired) electrons. The molecule has 1 fully saturated rings. The molecule has 1 aliphatic rings. The van der Waals surface area contributed by atoms with Crippen LogP contribution in [0, 0.1) is 0 Å². The fraction of sp³-hybridized carbons (Fsp3) is 0.320. The first-order valence-corrected chi connectivity index (χ1v) is 10.3. The second-order valence-electron chi connectivity index (χ2n) is 7.76. The first-order chi connectivity index (χ1) is 14.7. The van der Waals surface area contributed by atoms with E-state index in [4.69, 9.17) is 9.47 Å². The Morgan fingerprint density at radius 3 is 2.63 bits per heavy atom. The third kappa shape index (κ3) is 4.74. The smallest absolute Gasteiger partial charge is 0.338 e. The Balaban J connectivity index is 1.52. The molecule has 5 nitrogen and oxygen atoms in total. The van der Waals surface area contributed by atoms with E-state index in [-0.39, 0.29) is 5.97 Å². The van der Waals surface area contributed by atoms with Crippen LogP contribution in [-0.4, -0.2) is 35.7 Å². The lowest BCUT2D eigenvalue weighted by Gasteiger charge is -2.24. The summed E-state index contributed by atoms with van der Waals surface area (Å²) in [5.41, 5.74) is 4.14. The Hall–Kier alpha value is -3.05. The van der Waals surface area contributed by atoms with Crippen LogP contribution in [0.15, 0.2) is 66.9 Å². The van der Waals surface area contributed by atoms with Gasteiger partial charge in [0.25, 0.3) is 0 Å². The van der Waals surface area contributed by atoms with E-state index in [9.17, 15) is 4.79 Å². The van der Waals surface area contributed by atoms with Gasteiger partial charge in [-0.15, -0.1) is 0 Å². The van der Waals surface area contributed by atoms with Gasteiger partial charge in [0.1, 0.15) is 5.75 Å². The maximum Gasteiger partial charge on any atom is 0.338 e. The molecule has 3 aromatic rings. The summed E-state index contributed by atoms with van der Waals surface area (Å²) >= 11 is 0. The van der Waals surface area contributed by atoms with Gasteiger partial charge in [-0.25, -0.2) is 4.79 Å². The largest absolute Gasteiger partial charge is 0.497 e. The molecule has 156 valence electrons. The van der Waals surface area contributed by atoms with Crippen molar-refractivity contribution in [1.82, 2.24) is 9.47 Å². The molecular weight excluding hydrogens is 376 g/mol. The van der Waals surface area contributed by atoms with Gasteiger partial charge in [0.05, 0.1) is 19.8 Å². The number of esters is 1. The van der Waals surface area contributed by atoms with Crippen LogP contribution in [0.25, 0.3) is 0 Å². The molecule has 0 spiro atoms. The van der Waals surface area contributed by atoms with Crippen LogP contribution in [-0.2, 0) is 24.4 Å². The highest BCUT2D eigenvalue weighted by Gasteiger charge is 2.30. The van der Waals surface area contributed by atoms with Gasteiger partial charge >= 0.3 is 5.97 Å². The number of hydrogen-bond acceptors (Lipinski definition) is 4. The van der Waals surface area contributed by atoms with Crippen molar-refractivity contribution in [1.29, 1.82) is 0 Å². The number of hydrogen-bond donors (Lipinski definition) is 0. The van der Waals surface area contributed by atoms with Crippen LogP contribution in [0.4, 0.5) is 0 Å². The van der Waals surface area contributed by atoms with Crippen molar-refractivity contribution in [3.63, 3.8) is 0 Å². The average Bonchev–Trinajstić information content (AvgIpc) is 3.54. The summed E-state index contributed by atoms with van der Waals surface area (Å²) in [4.78, 5) is 14.6. The highest BCUT2D eigenvalue weighted by Crippen LogP contribution is 2.31. The zero-order valence-electron chi connectivity index (χ0n) is 17.6. The lowest BCUT2D eigenvalue weighted by atomic mass is 10.1. The van der Waals surface area contributed by atoms with Gasteiger partial charge in [-0.3, -0.25) is 4.90 Å². The Morgan fingerprint density at radius 2 is 1.87 bits per heavy atom. The quantitative estimate of drug-likeness (QED) is 0.493. The van der Waals surface area contributed by atoms with Crippen molar-refractivity contribution in [2.75, 3.05) is 14.2 Å². The summed E-state index contributed by atoms with van der Waals surface area (Å²) in [6, 6.07) is 20.8. The minimum Gasteiger partial charge on any atom is -0.497 e. The predicted molar refractivity (Wildman–Crippen MR) is 117 cm³/mol. The summed E-state index contributed by atoms with van der Waals surface area (Å²) < 4.78 is 12.6. The van der Waals surface area contributed by atoms with Crippen LogP contribution in [0.3, 0.4) is 0 Å². The first-order valence-electron chi connectivity index (χ1n) is 10.3. The zero-order valence-corrected chi connectivity index (χ0v) is 17.6. The third-order valence-electron chi connectivity index (χ3n) is 5.64. The van der Waals surface area contributed by atoms with Crippen LogP contribution < -0.4 is 4.74 Å². The third-order valence-corrected chi connectivity index (χ3v) is 5.64. The molecule has 5 heteroatoms. The summed E-state index contributed by atoms with van der Waals surface area (Å²) in [6.07, 6.45) is 4.54. The molecule has 0 bridgehead atoms. The average molecular weight is 405 g/mol. The van der Waals surface area contributed by atoms with Crippen molar-refractivity contribution < 1.29 is 14.3 Å². The minimum atomic E-state index is -0.275. The maximum absolute atomic E-state index is 12.2. The molecule has 0 aliphatic heterocycles. The van der Waals surface area contributed by atoms with E-state index in [1.807, 2.05) is 36.4 Å². The van der Waals surface area contributed by atoms with Crippen LogP contribution in [0.1, 0.15) is 40.0 Å². The van der Waals surface area contributed by atoms with Gasteiger partial charge in [-0.1, -0.05) is 30.3 Å². The topological polar surface area (TPSA) is 43.7 Å². The maximum atomic E-state index is 12.2. The Morgan fingerprint density at radius 1 is 1.03 bits per heavy atom. The van der Waals surface area contributed by atoms with E-state index >= 15 is 0 Å². The van der Waals surface area contributed by atoms with Gasteiger partial charge in [0.2, 0.25) is 0 Å². The lowest BCUT2D eigenvalue weighted by Crippen LogP contribution is -2.27. The number of methoxy groups -OCH3 is 2. The molecule has 1 heterocycles. The molecule has 0 N–H and O–H groups in total. The van der Waals surface area contributed by atoms with Crippen molar-refractivity contribution in [2.24, 2.45) is 0 Å². The van der Waals surface area contributed by atoms with Crippen LogP contribution in [0.5, 0.6) is 5.75 Å². The molecule has 1 saturated carbocycles. The van der Waals surface area contributed by atoms with Gasteiger partial charge in [-0.05, 0) is 54.3 Å². The Labute approximate surface area is 177 Å². The van der Waals surface area contributed by atoms with Gasteiger partial charge in [0, 0.05) is 37.6 Å². The molecular formula is C25H28N2O3. The van der Waals surface area contributed by atoms with Crippen molar-refractivity contribution in [2.45, 2.75) is 38.5 Å². The monoisotopic (exact) mass is 404 g/mol. The fourth-order valence-corrected chi connectivity index (χ4v) is 3.86. The summed E-state index contributed by atoms with van der Waals surface area (Å²) in [6.45, 7) is 2.38. The van der Waals surface area contributed by atoms with E-state index in [2.05, 4.69) is 39.9 Å². The molecule has 0 amide bonds. The number of ether oxygens (including phenoxy) is 2. The first kappa shape index (κ1) is 20.2.